The number of halogens is 1. The maximum Gasteiger partial charge on any atom is 0.233 e. The number of benzene rings is 1. The van der Waals surface area contributed by atoms with E-state index in [2.05, 4.69) is 15.9 Å². The Morgan fingerprint density at radius 1 is 1.05 bits per heavy atom. The summed E-state index contributed by atoms with van der Waals surface area (Å²) in [5.74, 6) is -2.09. The first-order valence-electron chi connectivity index (χ1n) is 13.6. The van der Waals surface area contributed by atoms with Crippen LogP contribution >= 0.6 is 15.9 Å². The van der Waals surface area contributed by atoms with Crippen LogP contribution in [0.5, 0.6) is 11.5 Å². The van der Waals surface area contributed by atoms with Crippen molar-refractivity contribution in [3.8, 4) is 11.5 Å². The highest BCUT2D eigenvalue weighted by atomic mass is 79.9. The summed E-state index contributed by atoms with van der Waals surface area (Å²) in [6.07, 6.45) is 12.7. The van der Waals surface area contributed by atoms with Gasteiger partial charge in [-0.05, 0) is 65.2 Å². The number of ether oxygens (including phenoxy) is 1. The fourth-order valence-corrected chi connectivity index (χ4v) is 7.66. The number of carbonyl (C=O) groups is 4. The third kappa shape index (κ3) is 4.24. The molecule has 1 saturated carbocycles. The summed E-state index contributed by atoms with van der Waals surface area (Å²) in [5.41, 5.74) is 2.54. The maximum absolute atomic E-state index is 13.9. The third-order valence-electron chi connectivity index (χ3n) is 9.04. The number of amides is 2. The van der Waals surface area contributed by atoms with E-state index >= 15 is 0 Å². The number of ketones is 2. The number of likely N-dealkylation sites (tertiary alicyclic amines) is 1. The number of hydrogen-bond acceptors (Lipinski definition) is 6. The van der Waals surface area contributed by atoms with Crippen LogP contribution in [0.4, 0.5) is 0 Å². The fourth-order valence-electron chi connectivity index (χ4n) is 7.21. The van der Waals surface area contributed by atoms with Crippen molar-refractivity contribution in [2.75, 3.05) is 7.11 Å². The van der Waals surface area contributed by atoms with E-state index < -0.39 is 17.8 Å². The third-order valence-corrected chi connectivity index (χ3v) is 9.63. The number of allylic oxidation sites excluding steroid dienone is 7. The van der Waals surface area contributed by atoms with E-state index in [4.69, 9.17) is 4.74 Å². The molecule has 7 nitrogen and oxygen atoms in total. The smallest absolute Gasteiger partial charge is 0.233 e. The molecule has 0 radical (unpaired) electrons. The van der Waals surface area contributed by atoms with Crippen LogP contribution in [-0.2, 0) is 19.2 Å². The molecule has 1 aromatic carbocycles. The second-order valence-electron chi connectivity index (χ2n) is 11.1. The van der Waals surface area contributed by atoms with E-state index in [0.717, 1.165) is 43.2 Å². The van der Waals surface area contributed by atoms with E-state index in [0.29, 0.717) is 23.3 Å². The number of nitrogens with zero attached hydrogens (tertiary/aromatic N) is 1. The average Bonchev–Trinajstić information content (AvgIpc) is 3.20. The quantitative estimate of drug-likeness (QED) is 0.299. The molecule has 4 atom stereocenters. The molecule has 1 N–H and O–H groups in total. The van der Waals surface area contributed by atoms with Gasteiger partial charge in [-0.25, -0.2) is 0 Å². The van der Waals surface area contributed by atoms with Crippen molar-refractivity contribution in [1.82, 2.24) is 4.90 Å². The first-order chi connectivity index (χ1) is 18.8. The van der Waals surface area contributed by atoms with Crippen LogP contribution in [0.2, 0.25) is 0 Å². The molecule has 5 aliphatic rings. The zero-order chi connectivity index (χ0) is 27.4. The number of hydrogen-bond donors (Lipinski definition) is 1. The van der Waals surface area contributed by atoms with Crippen molar-refractivity contribution in [2.24, 2.45) is 23.7 Å². The van der Waals surface area contributed by atoms with Gasteiger partial charge in [0.15, 0.2) is 23.1 Å². The Bertz CT molecular complexity index is 1410. The molecule has 6 rings (SSSR count). The lowest BCUT2D eigenvalue weighted by atomic mass is 9.61. The summed E-state index contributed by atoms with van der Waals surface area (Å²) in [4.78, 5) is 55.5. The highest BCUT2D eigenvalue weighted by Crippen LogP contribution is 2.53. The minimum atomic E-state index is -0.522. The molecule has 39 heavy (non-hydrogen) atoms. The lowest BCUT2D eigenvalue weighted by molar-refractivity contribution is -0.143. The first kappa shape index (κ1) is 26.0. The molecule has 1 heterocycles. The second kappa shape index (κ2) is 10.0. The molecule has 0 unspecified atom stereocenters. The zero-order valence-corrected chi connectivity index (χ0v) is 23.3. The molecular weight excluding hydrogens is 562 g/mol. The summed E-state index contributed by atoms with van der Waals surface area (Å²) in [7, 11) is 1.47. The number of Topliss-reactive ketones (excluding diaryl/α,β-unsaturated/α-hetero) is 1. The summed E-state index contributed by atoms with van der Waals surface area (Å²) in [6.45, 7) is 0. The van der Waals surface area contributed by atoms with Gasteiger partial charge in [-0.15, -0.1) is 0 Å². The Balaban J connectivity index is 1.40. The Labute approximate surface area is 235 Å². The van der Waals surface area contributed by atoms with Gasteiger partial charge in [0, 0.05) is 29.2 Å². The largest absolute Gasteiger partial charge is 0.504 e. The van der Waals surface area contributed by atoms with Gasteiger partial charge in [0.05, 0.1) is 23.4 Å². The van der Waals surface area contributed by atoms with E-state index in [1.54, 1.807) is 17.0 Å². The number of carbonyl (C=O) groups excluding carboxylic acids is 4. The van der Waals surface area contributed by atoms with Gasteiger partial charge in [0.1, 0.15) is 0 Å². The predicted molar refractivity (Wildman–Crippen MR) is 148 cm³/mol. The van der Waals surface area contributed by atoms with Crippen molar-refractivity contribution in [3.05, 3.63) is 63.2 Å². The average molecular weight is 592 g/mol. The highest BCUT2D eigenvalue weighted by Gasteiger charge is 2.57. The predicted octanol–water partition coefficient (Wildman–Crippen LogP) is 5.04. The molecule has 0 spiro atoms. The van der Waals surface area contributed by atoms with Crippen LogP contribution in [0.15, 0.2) is 57.6 Å². The van der Waals surface area contributed by atoms with Gasteiger partial charge in [0.25, 0.3) is 0 Å². The molecule has 1 saturated heterocycles. The van der Waals surface area contributed by atoms with Gasteiger partial charge >= 0.3 is 0 Å². The number of rotatable bonds is 4. The van der Waals surface area contributed by atoms with Crippen molar-refractivity contribution in [1.29, 1.82) is 0 Å². The van der Waals surface area contributed by atoms with Gasteiger partial charge < -0.3 is 9.84 Å². The van der Waals surface area contributed by atoms with Crippen LogP contribution in [0.3, 0.4) is 0 Å². The molecule has 1 aromatic rings. The van der Waals surface area contributed by atoms with E-state index in [1.807, 2.05) is 18.2 Å². The molecule has 2 amide bonds. The van der Waals surface area contributed by atoms with Gasteiger partial charge in [-0.1, -0.05) is 49.1 Å². The number of fused-ring (bicyclic) bond motifs is 3. The number of phenols is 1. The molecule has 0 aromatic heterocycles. The monoisotopic (exact) mass is 591 g/mol. The standard InChI is InChI=1S/C31H30BrNO6/c1-39-26-13-16(8-12-24(26)34)7-9-19-18-10-11-20-28(31(38)33(30(20)37)17-5-3-2-4-6-17)21(18)14-22-27(19)25(35)15-23(32)29(22)36/h7-10,12-13,15,17,19-21,28,34H,2-6,11,14H2,1H3/t19-,20-,21+,28-/m0/s1. The van der Waals surface area contributed by atoms with Gasteiger partial charge in [-0.3, -0.25) is 24.1 Å². The summed E-state index contributed by atoms with van der Waals surface area (Å²) in [6, 6.07) is 4.93. The normalized spacial score (nSPS) is 29.3. The molecule has 202 valence electrons. The number of phenolic OH excluding ortho intramolecular Hbond substituents is 1. The first-order valence-corrected chi connectivity index (χ1v) is 14.4. The minimum absolute atomic E-state index is 0.0216. The second-order valence-corrected chi connectivity index (χ2v) is 11.9. The minimum Gasteiger partial charge on any atom is -0.504 e. The molecule has 8 heteroatoms. The maximum atomic E-state index is 13.9. The van der Waals surface area contributed by atoms with Crippen LogP contribution in [0.25, 0.3) is 6.08 Å². The SMILES string of the molecule is COc1cc(C=C[C@H]2C3=CC[C@@H]4C(=O)N(C5CCCCC5)C(=O)[C@@H]4[C@@H]3CC3=C2C(=O)C=C(Br)C3=O)ccc1O. The molecule has 1 aliphatic heterocycles. The Morgan fingerprint density at radius 2 is 1.82 bits per heavy atom. The Kier molecular flexibility index (Phi) is 6.69. The lowest BCUT2D eigenvalue weighted by Gasteiger charge is -2.41. The summed E-state index contributed by atoms with van der Waals surface area (Å²) >= 11 is 3.26. The van der Waals surface area contributed by atoms with Crippen LogP contribution < -0.4 is 4.74 Å². The summed E-state index contributed by atoms with van der Waals surface area (Å²) in [5, 5.41) is 9.98. The lowest BCUT2D eigenvalue weighted by Crippen LogP contribution is -2.43. The van der Waals surface area contributed by atoms with Crippen molar-refractivity contribution in [2.45, 2.75) is 51.0 Å². The summed E-state index contributed by atoms with van der Waals surface area (Å²) < 4.78 is 5.45. The Hall–Kier alpha value is -3.26. The van der Waals surface area contributed by atoms with Crippen molar-refractivity contribution >= 4 is 45.4 Å². The van der Waals surface area contributed by atoms with Crippen LogP contribution in [0.1, 0.15) is 50.5 Å². The van der Waals surface area contributed by atoms with Gasteiger partial charge in [-0.2, -0.15) is 0 Å². The van der Waals surface area contributed by atoms with E-state index in [-0.39, 0.29) is 52.0 Å². The zero-order valence-electron chi connectivity index (χ0n) is 21.7. The number of aromatic hydroxyl groups is 1. The molecule has 0 bridgehead atoms. The fraction of sp³-hybridized carbons (Fsp3) is 0.419. The van der Waals surface area contributed by atoms with E-state index in [1.165, 1.54) is 19.3 Å². The number of methoxy groups -OCH3 is 1. The van der Waals surface area contributed by atoms with Crippen LogP contribution in [-0.4, -0.2) is 46.5 Å². The molecule has 2 fully saturated rings. The van der Waals surface area contributed by atoms with Gasteiger partial charge in [0.2, 0.25) is 11.8 Å². The molecule has 4 aliphatic carbocycles. The highest BCUT2D eigenvalue weighted by molar-refractivity contribution is 9.12. The van der Waals surface area contributed by atoms with Crippen molar-refractivity contribution < 1.29 is 29.0 Å². The Morgan fingerprint density at radius 3 is 2.56 bits per heavy atom. The molecular formula is C31H30BrNO6. The van der Waals surface area contributed by atoms with Crippen LogP contribution in [0, 0.1) is 23.7 Å². The topological polar surface area (TPSA) is 101 Å². The number of imide groups is 1. The van der Waals surface area contributed by atoms with Crippen molar-refractivity contribution in [3.63, 3.8) is 0 Å². The van der Waals surface area contributed by atoms with E-state index in [9.17, 15) is 24.3 Å².